The molecule has 0 aliphatic heterocycles. The second kappa shape index (κ2) is 10.7. The third-order valence-electron chi connectivity index (χ3n) is 2.83. The monoisotopic (exact) mass is 351 g/mol. The van der Waals surface area contributed by atoms with Crippen LogP contribution in [0.4, 0.5) is 4.79 Å². The van der Waals surface area contributed by atoms with Crippen molar-refractivity contribution in [3.8, 4) is 11.5 Å². The average Bonchev–Trinajstić information content (AvgIpc) is 2.59. The Hall–Kier alpha value is -3.03. The SMILES string of the molecule is C=CCc1ccc(OCC(=O)OCC(=O)NC(=O)OCC)c(OC)c1. The molecule has 0 aliphatic rings. The van der Waals surface area contributed by atoms with Crippen molar-refractivity contribution in [2.24, 2.45) is 0 Å². The van der Waals surface area contributed by atoms with Crippen molar-refractivity contribution in [1.82, 2.24) is 5.32 Å². The number of alkyl carbamates (subject to hydrolysis) is 1. The first-order chi connectivity index (χ1) is 12.0. The summed E-state index contributed by atoms with van der Waals surface area (Å²) in [5, 5.41) is 1.90. The average molecular weight is 351 g/mol. The van der Waals surface area contributed by atoms with Gasteiger partial charge >= 0.3 is 12.1 Å². The van der Waals surface area contributed by atoms with Crippen molar-refractivity contribution in [1.29, 1.82) is 0 Å². The molecule has 0 atom stereocenters. The Morgan fingerprint density at radius 3 is 2.56 bits per heavy atom. The molecule has 0 spiro atoms. The molecule has 0 radical (unpaired) electrons. The van der Waals surface area contributed by atoms with Crippen molar-refractivity contribution in [2.75, 3.05) is 26.9 Å². The Bertz CT molecular complexity index is 627. The van der Waals surface area contributed by atoms with Gasteiger partial charge in [0.15, 0.2) is 24.7 Å². The lowest BCUT2D eigenvalue weighted by Crippen LogP contribution is -2.35. The molecule has 1 rings (SSSR count). The summed E-state index contributed by atoms with van der Waals surface area (Å²) in [6.07, 6.45) is 1.53. The Morgan fingerprint density at radius 2 is 1.92 bits per heavy atom. The van der Waals surface area contributed by atoms with E-state index in [9.17, 15) is 14.4 Å². The molecule has 0 unspecified atom stereocenters. The molecule has 8 heteroatoms. The molecule has 0 saturated carbocycles. The summed E-state index contributed by atoms with van der Waals surface area (Å²) in [4.78, 5) is 34.0. The van der Waals surface area contributed by atoms with Gasteiger partial charge < -0.3 is 18.9 Å². The number of hydrogen-bond donors (Lipinski definition) is 1. The number of amides is 2. The minimum absolute atomic E-state index is 0.125. The van der Waals surface area contributed by atoms with Crippen molar-refractivity contribution in [3.05, 3.63) is 36.4 Å². The van der Waals surface area contributed by atoms with Crippen LogP contribution in [0.3, 0.4) is 0 Å². The first-order valence-electron chi connectivity index (χ1n) is 7.53. The fourth-order valence-corrected chi connectivity index (χ4v) is 1.77. The van der Waals surface area contributed by atoms with Gasteiger partial charge in [-0.15, -0.1) is 6.58 Å². The maximum absolute atomic E-state index is 11.6. The summed E-state index contributed by atoms with van der Waals surface area (Å²) in [6.45, 7) is 4.36. The number of carbonyl (C=O) groups excluding carboxylic acids is 3. The van der Waals surface area contributed by atoms with E-state index in [1.165, 1.54) is 7.11 Å². The van der Waals surface area contributed by atoms with Crippen molar-refractivity contribution in [2.45, 2.75) is 13.3 Å². The minimum Gasteiger partial charge on any atom is -0.493 e. The van der Waals surface area contributed by atoms with Crippen LogP contribution in [0, 0.1) is 0 Å². The Labute approximate surface area is 145 Å². The molecule has 0 aliphatic carbocycles. The Balaban J connectivity index is 2.44. The highest BCUT2D eigenvalue weighted by atomic mass is 16.6. The molecule has 0 heterocycles. The molecule has 25 heavy (non-hydrogen) atoms. The van der Waals surface area contributed by atoms with Gasteiger partial charge in [-0.25, -0.2) is 9.59 Å². The molecule has 8 nitrogen and oxygen atoms in total. The lowest BCUT2D eigenvalue weighted by atomic mass is 10.1. The third-order valence-corrected chi connectivity index (χ3v) is 2.83. The highest BCUT2D eigenvalue weighted by Gasteiger charge is 2.13. The lowest BCUT2D eigenvalue weighted by Gasteiger charge is -2.11. The quantitative estimate of drug-likeness (QED) is 0.533. The predicted octanol–water partition coefficient (Wildman–Crippen LogP) is 1.62. The first-order valence-corrected chi connectivity index (χ1v) is 7.53. The van der Waals surface area contributed by atoms with E-state index in [0.717, 1.165) is 5.56 Å². The summed E-state index contributed by atoms with van der Waals surface area (Å²) < 4.78 is 19.8. The fourth-order valence-electron chi connectivity index (χ4n) is 1.77. The second-order valence-corrected chi connectivity index (χ2v) is 4.70. The van der Waals surface area contributed by atoms with Crippen LogP contribution in [0.5, 0.6) is 11.5 Å². The van der Waals surface area contributed by atoms with Crippen LogP contribution < -0.4 is 14.8 Å². The predicted molar refractivity (Wildman–Crippen MR) is 88.5 cm³/mol. The lowest BCUT2D eigenvalue weighted by molar-refractivity contribution is -0.150. The number of ether oxygens (including phenoxy) is 4. The molecule has 0 fully saturated rings. The molecule has 0 bridgehead atoms. The van der Waals surface area contributed by atoms with E-state index >= 15 is 0 Å². The second-order valence-electron chi connectivity index (χ2n) is 4.70. The number of esters is 1. The number of imide groups is 1. The van der Waals surface area contributed by atoms with Crippen LogP contribution in [-0.4, -0.2) is 44.9 Å². The van der Waals surface area contributed by atoms with E-state index in [4.69, 9.17) is 14.2 Å². The smallest absolute Gasteiger partial charge is 0.413 e. The van der Waals surface area contributed by atoms with Gasteiger partial charge in [-0.1, -0.05) is 12.1 Å². The summed E-state index contributed by atoms with van der Waals surface area (Å²) >= 11 is 0. The zero-order valence-corrected chi connectivity index (χ0v) is 14.2. The van der Waals surface area contributed by atoms with Gasteiger partial charge in [0, 0.05) is 0 Å². The molecule has 1 aromatic carbocycles. The number of benzene rings is 1. The van der Waals surface area contributed by atoms with Crippen molar-refractivity contribution in [3.63, 3.8) is 0 Å². The molecule has 0 aromatic heterocycles. The Morgan fingerprint density at radius 1 is 1.16 bits per heavy atom. The van der Waals surface area contributed by atoms with Gasteiger partial charge in [0.05, 0.1) is 13.7 Å². The Kier molecular flexibility index (Phi) is 8.56. The van der Waals surface area contributed by atoms with Crippen LogP contribution in [0.2, 0.25) is 0 Å². The molecule has 0 saturated heterocycles. The fraction of sp³-hybridized carbons (Fsp3) is 0.353. The number of methoxy groups -OCH3 is 1. The summed E-state index contributed by atoms with van der Waals surface area (Å²) in [7, 11) is 1.48. The number of hydrogen-bond acceptors (Lipinski definition) is 7. The van der Waals surface area contributed by atoms with Crippen molar-refractivity contribution < 1.29 is 33.3 Å². The van der Waals surface area contributed by atoms with E-state index in [1.54, 1.807) is 25.1 Å². The molecule has 2 amide bonds. The first kappa shape index (κ1) is 20.0. The third kappa shape index (κ3) is 7.38. The maximum Gasteiger partial charge on any atom is 0.413 e. The van der Waals surface area contributed by atoms with Crippen LogP contribution in [-0.2, 0) is 25.5 Å². The van der Waals surface area contributed by atoms with Crippen LogP contribution >= 0.6 is 0 Å². The summed E-state index contributed by atoms with van der Waals surface area (Å²) in [6, 6.07) is 5.26. The summed E-state index contributed by atoms with van der Waals surface area (Å²) in [5.41, 5.74) is 0.984. The maximum atomic E-state index is 11.6. The van der Waals surface area contributed by atoms with Gasteiger partial charge in [-0.2, -0.15) is 0 Å². The normalized spacial score (nSPS) is 9.68. The van der Waals surface area contributed by atoms with Gasteiger partial charge in [0.25, 0.3) is 5.91 Å². The minimum atomic E-state index is -0.899. The van der Waals surface area contributed by atoms with E-state index in [2.05, 4.69) is 11.3 Å². The van der Waals surface area contributed by atoms with E-state index in [0.29, 0.717) is 17.9 Å². The largest absolute Gasteiger partial charge is 0.493 e. The standard InChI is InChI=1S/C17H21NO7/c1-4-6-12-7-8-13(14(9-12)22-3)24-11-16(20)25-10-15(19)18-17(21)23-5-2/h4,7-9H,1,5-6,10-11H2,2-3H3,(H,18,19,21). The molecule has 1 aromatic rings. The zero-order valence-electron chi connectivity index (χ0n) is 14.2. The highest BCUT2D eigenvalue weighted by molar-refractivity contribution is 5.93. The van der Waals surface area contributed by atoms with Gasteiger partial charge in [-0.3, -0.25) is 10.1 Å². The van der Waals surface area contributed by atoms with Crippen LogP contribution in [0.25, 0.3) is 0 Å². The number of rotatable bonds is 9. The van der Waals surface area contributed by atoms with Crippen LogP contribution in [0.1, 0.15) is 12.5 Å². The molecular weight excluding hydrogens is 330 g/mol. The number of nitrogens with one attached hydrogen (secondary N) is 1. The topological polar surface area (TPSA) is 100 Å². The molecule has 1 N–H and O–H groups in total. The van der Waals surface area contributed by atoms with Gasteiger partial charge in [0.2, 0.25) is 0 Å². The van der Waals surface area contributed by atoms with Crippen molar-refractivity contribution >= 4 is 18.0 Å². The molecular formula is C17H21NO7. The van der Waals surface area contributed by atoms with Gasteiger partial charge in [0.1, 0.15) is 0 Å². The number of allylic oxidation sites excluding steroid dienone is 1. The van der Waals surface area contributed by atoms with E-state index in [-0.39, 0.29) is 6.61 Å². The molecule has 136 valence electrons. The van der Waals surface area contributed by atoms with Gasteiger partial charge in [-0.05, 0) is 31.0 Å². The number of carbonyl (C=O) groups is 3. The van der Waals surface area contributed by atoms with E-state index in [1.807, 2.05) is 11.4 Å². The highest BCUT2D eigenvalue weighted by Crippen LogP contribution is 2.28. The van der Waals surface area contributed by atoms with Crippen LogP contribution in [0.15, 0.2) is 30.9 Å². The zero-order chi connectivity index (χ0) is 18.7. The van der Waals surface area contributed by atoms with E-state index < -0.39 is 31.2 Å². The summed E-state index contributed by atoms with van der Waals surface area (Å²) in [5.74, 6) is -0.732.